The Bertz CT molecular complexity index is 630. The van der Waals surface area contributed by atoms with E-state index in [2.05, 4.69) is 17.0 Å². The van der Waals surface area contributed by atoms with E-state index in [1.165, 1.54) is 44.1 Å². The summed E-state index contributed by atoms with van der Waals surface area (Å²) in [6, 6.07) is 8.62. The van der Waals surface area contributed by atoms with Gasteiger partial charge in [0.05, 0.1) is 18.6 Å². The average molecular weight is 339 g/mol. The van der Waals surface area contributed by atoms with Gasteiger partial charge in [-0.05, 0) is 86.8 Å². The van der Waals surface area contributed by atoms with Gasteiger partial charge in [-0.15, -0.1) is 0 Å². The number of carbonyl (C=O) groups excluding carboxylic acids is 1. The molecule has 1 saturated heterocycles. The van der Waals surface area contributed by atoms with Crippen LogP contribution in [0.3, 0.4) is 0 Å². The third-order valence-corrected chi connectivity index (χ3v) is 7.51. The zero-order valence-electron chi connectivity index (χ0n) is 15.2. The quantitative estimate of drug-likeness (QED) is 0.807. The number of rotatable bonds is 3. The van der Waals surface area contributed by atoms with Crippen LogP contribution in [0.4, 0.5) is 0 Å². The first-order valence-corrected chi connectivity index (χ1v) is 10.1. The molecule has 3 heteroatoms. The Morgan fingerprint density at radius 1 is 1.04 bits per heavy atom. The zero-order chi connectivity index (χ0) is 17.0. The summed E-state index contributed by atoms with van der Waals surface area (Å²) in [7, 11) is 1.70. The molecule has 0 spiro atoms. The second kappa shape index (κ2) is 5.75. The SMILES string of the molecule is COc1ccc([C@H]2CCCN2C(=O)C23CC4CC(CC(C4)C2)C3)cc1. The summed E-state index contributed by atoms with van der Waals surface area (Å²) in [5, 5.41) is 0. The van der Waals surface area contributed by atoms with Crippen LogP contribution in [0.2, 0.25) is 0 Å². The highest BCUT2D eigenvalue weighted by atomic mass is 16.5. The molecule has 0 radical (unpaired) electrons. The van der Waals surface area contributed by atoms with Gasteiger partial charge in [0.15, 0.2) is 0 Å². The van der Waals surface area contributed by atoms with Crippen LogP contribution in [0.5, 0.6) is 5.75 Å². The van der Waals surface area contributed by atoms with Gasteiger partial charge in [-0.1, -0.05) is 12.1 Å². The Labute approximate surface area is 150 Å². The standard InChI is InChI=1S/C22H29NO2/c1-25-19-6-4-18(5-7-19)20-3-2-8-23(20)21(24)22-12-15-9-16(13-22)11-17(10-15)14-22/h4-7,15-17,20H,2-3,8-14H2,1H3/t15?,16?,17?,20-,22?/m1/s1. The number of nitrogens with zero attached hydrogens (tertiary/aromatic N) is 1. The number of ether oxygens (including phenoxy) is 1. The summed E-state index contributed by atoms with van der Waals surface area (Å²) in [4.78, 5) is 16.0. The molecule has 134 valence electrons. The molecule has 1 aliphatic heterocycles. The van der Waals surface area contributed by atoms with Crippen LogP contribution >= 0.6 is 0 Å². The summed E-state index contributed by atoms with van der Waals surface area (Å²) in [5.74, 6) is 3.87. The molecular weight excluding hydrogens is 310 g/mol. The Morgan fingerprint density at radius 3 is 2.20 bits per heavy atom. The molecule has 1 heterocycles. The van der Waals surface area contributed by atoms with Gasteiger partial charge in [-0.3, -0.25) is 4.79 Å². The molecule has 5 aliphatic rings. The van der Waals surface area contributed by atoms with Crippen molar-refractivity contribution in [2.24, 2.45) is 23.2 Å². The minimum atomic E-state index is -0.0101. The molecular formula is C22H29NO2. The molecule has 4 bridgehead atoms. The van der Waals surface area contributed by atoms with Gasteiger partial charge >= 0.3 is 0 Å². The number of amides is 1. The van der Waals surface area contributed by atoms with E-state index in [-0.39, 0.29) is 11.5 Å². The van der Waals surface area contributed by atoms with Crippen LogP contribution in [0, 0.1) is 23.2 Å². The van der Waals surface area contributed by atoms with Crippen LogP contribution in [0.1, 0.15) is 63.0 Å². The third kappa shape index (κ3) is 2.50. The van der Waals surface area contributed by atoms with Crippen LogP contribution in [0.25, 0.3) is 0 Å². The van der Waals surface area contributed by atoms with E-state index >= 15 is 0 Å². The summed E-state index contributed by atoms with van der Waals surface area (Å²) in [6.07, 6.45) is 9.94. The molecule has 25 heavy (non-hydrogen) atoms. The van der Waals surface area contributed by atoms with E-state index in [0.29, 0.717) is 5.91 Å². The van der Waals surface area contributed by atoms with Crippen molar-refractivity contribution in [2.75, 3.05) is 13.7 Å². The summed E-state index contributed by atoms with van der Waals surface area (Å²) < 4.78 is 5.29. The Hall–Kier alpha value is -1.51. The first kappa shape index (κ1) is 15.7. The van der Waals surface area contributed by atoms with Crippen molar-refractivity contribution in [1.29, 1.82) is 0 Å². The zero-order valence-corrected chi connectivity index (χ0v) is 15.2. The molecule has 4 saturated carbocycles. The number of hydrogen-bond acceptors (Lipinski definition) is 2. The van der Waals surface area contributed by atoms with Crippen molar-refractivity contribution in [3.05, 3.63) is 29.8 Å². The van der Waals surface area contributed by atoms with Crippen LogP contribution < -0.4 is 4.74 Å². The lowest BCUT2D eigenvalue weighted by Gasteiger charge is -2.56. The highest BCUT2D eigenvalue weighted by molar-refractivity contribution is 5.84. The number of hydrogen-bond donors (Lipinski definition) is 0. The molecule has 1 atom stereocenters. The lowest BCUT2D eigenvalue weighted by Crippen LogP contribution is -2.54. The Balaban J connectivity index is 1.40. The second-order valence-electron chi connectivity index (χ2n) is 9.13. The fourth-order valence-corrected chi connectivity index (χ4v) is 6.86. The van der Waals surface area contributed by atoms with Crippen molar-refractivity contribution in [3.63, 3.8) is 0 Å². The predicted molar refractivity (Wildman–Crippen MR) is 97.3 cm³/mol. The Morgan fingerprint density at radius 2 is 1.64 bits per heavy atom. The van der Waals surface area contributed by atoms with Crippen molar-refractivity contribution >= 4 is 5.91 Å². The van der Waals surface area contributed by atoms with Gasteiger partial charge in [-0.2, -0.15) is 0 Å². The van der Waals surface area contributed by atoms with Gasteiger partial charge in [0.25, 0.3) is 0 Å². The van der Waals surface area contributed by atoms with E-state index in [4.69, 9.17) is 4.74 Å². The second-order valence-corrected chi connectivity index (χ2v) is 9.13. The molecule has 5 fully saturated rings. The fourth-order valence-electron chi connectivity index (χ4n) is 6.86. The van der Waals surface area contributed by atoms with Crippen LogP contribution in [-0.2, 0) is 4.79 Å². The van der Waals surface area contributed by atoms with Gasteiger partial charge in [-0.25, -0.2) is 0 Å². The minimum Gasteiger partial charge on any atom is -0.497 e. The molecule has 0 N–H and O–H groups in total. The predicted octanol–water partition coefficient (Wildman–Crippen LogP) is 4.58. The normalized spacial score (nSPS) is 39.0. The first-order valence-electron chi connectivity index (χ1n) is 10.1. The van der Waals surface area contributed by atoms with E-state index in [0.717, 1.165) is 42.9 Å². The summed E-state index contributed by atoms with van der Waals surface area (Å²) in [6.45, 7) is 0.942. The average Bonchev–Trinajstić information content (AvgIpc) is 3.09. The number of methoxy groups -OCH3 is 1. The van der Waals surface area contributed by atoms with Gasteiger partial charge in [0.2, 0.25) is 5.91 Å². The van der Waals surface area contributed by atoms with Gasteiger partial charge in [0.1, 0.15) is 5.75 Å². The monoisotopic (exact) mass is 339 g/mol. The van der Waals surface area contributed by atoms with Crippen molar-refractivity contribution in [3.8, 4) is 5.75 Å². The highest BCUT2D eigenvalue weighted by Gasteiger charge is 2.56. The largest absolute Gasteiger partial charge is 0.497 e. The molecule has 3 nitrogen and oxygen atoms in total. The number of benzene rings is 1. The van der Waals surface area contributed by atoms with Crippen LogP contribution in [-0.4, -0.2) is 24.5 Å². The topological polar surface area (TPSA) is 29.5 Å². The van der Waals surface area contributed by atoms with Crippen molar-refractivity contribution in [2.45, 2.75) is 57.4 Å². The van der Waals surface area contributed by atoms with Crippen molar-refractivity contribution in [1.82, 2.24) is 4.90 Å². The molecule has 0 aromatic heterocycles. The summed E-state index contributed by atoms with van der Waals surface area (Å²) >= 11 is 0. The lowest BCUT2D eigenvalue weighted by atomic mass is 9.49. The number of carbonyl (C=O) groups is 1. The fraction of sp³-hybridized carbons (Fsp3) is 0.682. The lowest BCUT2D eigenvalue weighted by molar-refractivity contribution is -0.158. The van der Waals surface area contributed by atoms with Crippen LogP contribution in [0.15, 0.2) is 24.3 Å². The Kier molecular flexibility index (Phi) is 3.62. The van der Waals surface area contributed by atoms with E-state index in [1.807, 2.05) is 12.1 Å². The van der Waals surface area contributed by atoms with Gasteiger partial charge in [0, 0.05) is 6.54 Å². The maximum absolute atomic E-state index is 13.7. The van der Waals surface area contributed by atoms with Crippen molar-refractivity contribution < 1.29 is 9.53 Å². The van der Waals surface area contributed by atoms with E-state index in [9.17, 15) is 4.79 Å². The highest BCUT2D eigenvalue weighted by Crippen LogP contribution is 2.61. The molecule has 0 unspecified atom stereocenters. The third-order valence-electron chi connectivity index (χ3n) is 7.51. The minimum absolute atomic E-state index is 0.0101. The van der Waals surface area contributed by atoms with E-state index < -0.39 is 0 Å². The number of likely N-dealkylation sites (tertiary alicyclic amines) is 1. The molecule has 1 aromatic carbocycles. The van der Waals surface area contributed by atoms with Gasteiger partial charge < -0.3 is 9.64 Å². The maximum atomic E-state index is 13.7. The first-order chi connectivity index (χ1) is 12.2. The maximum Gasteiger partial charge on any atom is 0.229 e. The van der Waals surface area contributed by atoms with E-state index in [1.54, 1.807) is 7.11 Å². The molecule has 6 rings (SSSR count). The summed E-state index contributed by atoms with van der Waals surface area (Å²) in [5.41, 5.74) is 1.26. The molecule has 4 aliphatic carbocycles. The molecule has 1 amide bonds. The molecule has 1 aromatic rings. The smallest absolute Gasteiger partial charge is 0.229 e.